The number of rotatable bonds is 5. The summed E-state index contributed by atoms with van der Waals surface area (Å²) in [5, 5.41) is 0. The molecule has 0 N–H and O–H groups in total. The summed E-state index contributed by atoms with van der Waals surface area (Å²) in [4.78, 5) is 14.9. The van der Waals surface area contributed by atoms with E-state index in [0.29, 0.717) is 24.3 Å². The van der Waals surface area contributed by atoms with Crippen LogP contribution in [0.3, 0.4) is 0 Å². The van der Waals surface area contributed by atoms with Gasteiger partial charge in [0.2, 0.25) is 0 Å². The van der Waals surface area contributed by atoms with E-state index < -0.39 is 9.84 Å². The molecular weight excluding hydrogens is 350 g/mol. The van der Waals surface area contributed by atoms with E-state index in [9.17, 15) is 13.2 Å². The minimum Gasteiger partial charge on any atom is -0.497 e. The molecule has 0 aromatic heterocycles. The number of aryl methyl sites for hydroxylation is 1. The molecule has 2 aromatic carbocycles. The summed E-state index contributed by atoms with van der Waals surface area (Å²) in [6.45, 7) is 2.24. The highest BCUT2D eigenvalue weighted by Gasteiger charge is 2.35. The first-order valence-corrected chi connectivity index (χ1v) is 10.4. The van der Waals surface area contributed by atoms with Crippen LogP contribution < -0.4 is 4.74 Å². The highest BCUT2D eigenvalue weighted by Crippen LogP contribution is 2.24. The topological polar surface area (TPSA) is 63.7 Å². The second-order valence-electron chi connectivity index (χ2n) is 6.66. The van der Waals surface area contributed by atoms with Crippen LogP contribution in [-0.2, 0) is 16.4 Å². The lowest BCUT2D eigenvalue weighted by Crippen LogP contribution is -2.40. The van der Waals surface area contributed by atoms with E-state index in [4.69, 9.17) is 4.74 Å². The lowest BCUT2D eigenvalue weighted by atomic mass is 10.0. The molecule has 3 rings (SSSR count). The molecule has 0 spiro atoms. The van der Waals surface area contributed by atoms with Gasteiger partial charge in [0.1, 0.15) is 5.75 Å². The highest BCUT2D eigenvalue weighted by atomic mass is 32.2. The summed E-state index contributed by atoms with van der Waals surface area (Å²) >= 11 is 0. The van der Waals surface area contributed by atoms with Gasteiger partial charge in [0.25, 0.3) is 5.91 Å². The van der Waals surface area contributed by atoms with Crippen LogP contribution in [0, 0.1) is 6.92 Å². The fraction of sp³-hybridized carbons (Fsp3) is 0.350. The SMILES string of the molecule is COc1cccc(CN(C(=O)c2ccccc2C)C2CCS(=O)(=O)C2)c1. The van der Waals surface area contributed by atoms with Crippen LogP contribution in [-0.4, -0.2) is 43.9 Å². The van der Waals surface area contributed by atoms with Gasteiger partial charge in [-0.05, 0) is 42.7 Å². The smallest absolute Gasteiger partial charge is 0.254 e. The van der Waals surface area contributed by atoms with Crippen molar-refractivity contribution in [1.82, 2.24) is 4.90 Å². The standard InChI is InChI=1S/C20H23NO4S/c1-15-6-3-4-9-19(15)20(22)21(17-10-11-26(23,24)14-17)13-16-7-5-8-18(12-16)25-2/h3-9,12,17H,10-11,13-14H2,1-2H3. The summed E-state index contributed by atoms with van der Waals surface area (Å²) in [6, 6.07) is 14.6. The summed E-state index contributed by atoms with van der Waals surface area (Å²) in [7, 11) is -1.49. The fourth-order valence-electron chi connectivity index (χ4n) is 3.32. The number of carbonyl (C=O) groups excluding carboxylic acids is 1. The first kappa shape index (κ1) is 18.5. The first-order chi connectivity index (χ1) is 12.4. The third kappa shape index (κ3) is 4.07. The Morgan fingerprint density at radius 3 is 2.62 bits per heavy atom. The van der Waals surface area contributed by atoms with Gasteiger partial charge in [0.15, 0.2) is 9.84 Å². The lowest BCUT2D eigenvalue weighted by molar-refractivity contribution is 0.0680. The highest BCUT2D eigenvalue weighted by molar-refractivity contribution is 7.91. The second kappa shape index (κ2) is 7.50. The maximum absolute atomic E-state index is 13.2. The number of methoxy groups -OCH3 is 1. The Morgan fingerprint density at radius 1 is 1.19 bits per heavy atom. The third-order valence-corrected chi connectivity index (χ3v) is 6.52. The maximum Gasteiger partial charge on any atom is 0.254 e. The molecule has 5 nitrogen and oxygen atoms in total. The number of ether oxygens (including phenoxy) is 1. The van der Waals surface area contributed by atoms with E-state index in [1.807, 2.05) is 49.4 Å². The summed E-state index contributed by atoms with van der Waals surface area (Å²) in [5.41, 5.74) is 2.41. The number of sulfone groups is 1. The zero-order valence-electron chi connectivity index (χ0n) is 15.0. The van der Waals surface area contributed by atoms with Crippen LogP contribution >= 0.6 is 0 Å². The molecule has 0 saturated carbocycles. The van der Waals surface area contributed by atoms with Crippen molar-refractivity contribution in [2.75, 3.05) is 18.6 Å². The number of hydrogen-bond acceptors (Lipinski definition) is 4. The number of amides is 1. The average Bonchev–Trinajstić information content (AvgIpc) is 2.99. The van der Waals surface area contributed by atoms with Gasteiger partial charge in [0.05, 0.1) is 18.6 Å². The molecule has 0 bridgehead atoms. The molecule has 0 radical (unpaired) electrons. The van der Waals surface area contributed by atoms with Crippen LogP contribution in [0.2, 0.25) is 0 Å². The Morgan fingerprint density at radius 2 is 1.96 bits per heavy atom. The third-order valence-electron chi connectivity index (χ3n) is 4.77. The fourth-order valence-corrected chi connectivity index (χ4v) is 5.05. The average molecular weight is 373 g/mol. The largest absolute Gasteiger partial charge is 0.497 e. The summed E-state index contributed by atoms with van der Waals surface area (Å²) in [6.07, 6.45) is 0.476. The Hall–Kier alpha value is -2.34. The quantitative estimate of drug-likeness (QED) is 0.808. The monoisotopic (exact) mass is 373 g/mol. The molecule has 1 fully saturated rings. The van der Waals surface area contributed by atoms with Crippen LogP contribution in [0.25, 0.3) is 0 Å². The summed E-state index contributed by atoms with van der Waals surface area (Å²) in [5.74, 6) is 0.736. The van der Waals surface area contributed by atoms with E-state index >= 15 is 0 Å². The van der Waals surface area contributed by atoms with Gasteiger partial charge in [-0.1, -0.05) is 30.3 Å². The molecule has 1 aliphatic heterocycles. The normalized spacial score (nSPS) is 18.5. The zero-order chi connectivity index (χ0) is 18.7. The maximum atomic E-state index is 13.2. The van der Waals surface area contributed by atoms with Crippen molar-refractivity contribution < 1.29 is 17.9 Å². The summed E-state index contributed by atoms with van der Waals surface area (Å²) < 4.78 is 29.2. The number of nitrogens with zero attached hydrogens (tertiary/aromatic N) is 1. The second-order valence-corrected chi connectivity index (χ2v) is 8.89. The Labute approximate surface area is 154 Å². The molecular formula is C20H23NO4S. The van der Waals surface area contributed by atoms with E-state index in [1.165, 1.54) is 0 Å². The molecule has 1 saturated heterocycles. The molecule has 1 aliphatic rings. The van der Waals surface area contributed by atoms with Crippen molar-refractivity contribution in [2.24, 2.45) is 0 Å². The van der Waals surface area contributed by atoms with Gasteiger partial charge in [-0.3, -0.25) is 4.79 Å². The molecule has 1 unspecified atom stereocenters. The van der Waals surface area contributed by atoms with Crippen LogP contribution in [0.5, 0.6) is 5.75 Å². The first-order valence-electron chi connectivity index (χ1n) is 8.59. The Kier molecular flexibility index (Phi) is 5.32. The van der Waals surface area contributed by atoms with Crippen molar-refractivity contribution in [3.8, 4) is 5.75 Å². The molecule has 138 valence electrons. The minimum atomic E-state index is -3.09. The van der Waals surface area contributed by atoms with Gasteiger partial charge >= 0.3 is 0 Å². The van der Waals surface area contributed by atoms with E-state index in [1.54, 1.807) is 18.1 Å². The molecule has 0 aliphatic carbocycles. The van der Waals surface area contributed by atoms with Crippen LogP contribution in [0.4, 0.5) is 0 Å². The predicted octanol–water partition coefficient (Wildman–Crippen LogP) is 2.83. The van der Waals surface area contributed by atoms with Gasteiger partial charge in [-0.2, -0.15) is 0 Å². The molecule has 1 heterocycles. The van der Waals surface area contributed by atoms with Gasteiger partial charge in [-0.15, -0.1) is 0 Å². The number of hydrogen-bond donors (Lipinski definition) is 0. The van der Waals surface area contributed by atoms with E-state index in [2.05, 4.69) is 0 Å². The molecule has 1 atom stereocenters. The van der Waals surface area contributed by atoms with Gasteiger partial charge in [-0.25, -0.2) is 8.42 Å². The minimum absolute atomic E-state index is 0.0224. The Bertz CT molecular complexity index is 908. The number of benzene rings is 2. The van der Waals surface area contributed by atoms with Gasteiger partial charge < -0.3 is 9.64 Å². The van der Waals surface area contributed by atoms with Crippen molar-refractivity contribution in [2.45, 2.75) is 25.9 Å². The molecule has 6 heteroatoms. The number of carbonyl (C=O) groups is 1. The Balaban J connectivity index is 1.94. The zero-order valence-corrected chi connectivity index (χ0v) is 15.8. The molecule has 26 heavy (non-hydrogen) atoms. The van der Waals surface area contributed by atoms with E-state index in [0.717, 1.165) is 11.1 Å². The molecule has 1 amide bonds. The van der Waals surface area contributed by atoms with Crippen molar-refractivity contribution in [1.29, 1.82) is 0 Å². The van der Waals surface area contributed by atoms with Crippen molar-refractivity contribution in [3.63, 3.8) is 0 Å². The van der Waals surface area contributed by atoms with E-state index in [-0.39, 0.29) is 23.5 Å². The molecule has 2 aromatic rings. The van der Waals surface area contributed by atoms with Crippen LogP contribution in [0.1, 0.15) is 27.9 Å². The lowest BCUT2D eigenvalue weighted by Gasteiger charge is -2.29. The predicted molar refractivity (Wildman–Crippen MR) is 101 cm³/mol. The van der Waals surface area contributed by atoms with Crippen molar-refractivity contribution in [3.05, 3.63) is 65.2 Å². The van der Waals surface area contributed by atoms with Crippen molar-refractivity contribution >= 4 is 15.7 Å². The van der Waals surface area contributed by atoms with Crippen LogP contribution in [0.15, 0.2) is 48.5 Å². The van der Waals surface area contributed by atoms with Gasteiger partial charge in [0, 0.05) is 18.2 Å².